The van der Waals surface area contributed by atoms with Gasteiger partial charge in [0.05, 0.1) is 13.0 Å². The van der Waals surface area contributed by atoms with Crippen molar-refractivity contribution in [3.8, 4) is 0 Å². The van der Waals surface area contributed by atoms with Crippen LogP contribution < -0.4 is 9.57 Å². The molecule has 1 atom stereocenters. The second-order valence-corrected chi connectivity index (χ2v) is 3.95. The SMILES string of the molecule is COC(=O)C1CCc2c(ccc[n+]2OC)C1. The van der Waals surface area contributed by atoms with Crippen LogP contribution >= 0.6 is 0 Å². The molecule has 0 saturated heterocycles. The molecule has 1 aliphatic rings. The molecule has 4 nitrogen and oxygen atoms in total. The van der Waals surface area contributed by atoms with Gasteiger partial charge in [-0.1, -0.05) is 0 Å². The Morgan fingerprint density at radius 1 is 1.50 bits per heavy atom. The zero-order valence-corrected chi connectivity index (χ0v) is 9.60. The zero-order valence-electron chi connectivity index (χ0n) is 9.60. The van der Waals surface area contributed by atoms with E-state index in [9.17, 15) is 4.79 Å². The van der Waals surface area contributed by atoms with E-state index in [0.29, 0.717) is 0 Å². The number of hydrogen-bond donors (Lipinski definition) is 0. The minimum absolute atomic E-state index is 0.00907. The van der Waals surface area contributed by atoms with Gasteiger partial charge in [0.15, 0.2) is 0 Å². The van der Waals surface area contributed by atoms with Gasteiger partial charge in [0.25, 0.3) is 0 Å². The summed E-state index contributed by atoms with van der Waals surface area (Å²) < 4.78 is 6.55. The normalized spacial score (nSPS) is 18.8. The lowest BCUT2D eigenvalue weighted by Crippen LogP contribution is -2.46. The average molecular weight is 222 g/mol. The molecule has 0 saturated carbocycles. The van der Waals surface area contributed by atoms with Crippen molar-refractivity contribution in [2.45, 2.75) is 19.3 Å². The molecule has 1 aliphatic carbocycles. The molecule has 0 N–H and O–H groups in total. The van der Waals surface area contributed by atoms with Gasteiger partial charge in [-0.15, -0.1) is 0 Å². The van der Waals surface area contributed by atoms with Gasteiger partial charge in [0.2, 0.25) is 11.9 Å². The number of carbonyl (C=O) groups excluding carboxylic acids is 1. The van der Waals surface area contributed by atoms with E-state index in [4.69, 9.17) is 9.57 Å². The van der Waals surface area contributed by atoms with Crippen LogP contribution in [0.5, 0.6) is 0 Å². The zero-order chi connectivity index (χ0) is 11.5. The highest BCUT2D eigenvalue weighted by Gasteiger charge is 2.30. The molecule has 86 valence electrons. The Morgan fingerprint density at radius 2 is 2.31 bits per heavy atom. The van der Waals surface area contributed by atoms with Crippen molar-refractivity contribution in [1.29, 1.82) is 0 Å². The summed E-state index contributed by atoms with van der Waals surface area (Å²) in [4.78, 5) is 16.7. The van der Waals surface area contributed by atoms with Crippen molar-refractivity contribution in [3.05, 3.63) is 29.6 Å². The number of methoxy groups -OCH3 is 1. The lowest BCUT2D eigenvalue weighted by Gasteiger charge is -2.19. The van der Waals surface area contributed by atoms with Crippen molar-refractivity contribution < 1.29 is 19.1 Å². The predicted octanol–water partition coefficient (Wildman–Crippen LogP) is 0.310. The number of carbonyl (C=O) groups is 1. The van der Waals surface area contributed by atoms with Crippen LogP contribution in [0.4, 0.5) is 0 Å². The Kier molecular flexibility index (Phi) is 3.08. The Balaban J connectivity index is 2.25. The van der Waals surface area contributed by atoms with Crippen LogP contribution in [0.25, 0.3) is 0 Å². The van der Waals surface area contributed by atoms with Crippen molar-refractivity contribution >= 4 is 5.97 Å². The van der Waals surface area contributed by atoms with Crippen LogP contribution in [-0.4, -0.2) is 20.2 Å². The van der Waals surface area contributed by atoms with Gasteiger partial charge >= 0.3 is 5.97 Å². The molecule has 1 heterocycles. The fourth-order valence-corrected chi connectivity index (χ4v) is 2.24. The van der Waals surface area contributed by atoms with Crippen LogP contribution in [-0.2, 0) is 22.4 Å². The van der Waals surface area contributed by atoms with Crippen molar-refractivity contribution in [1.82, 2.24) is 0 Å². The Hall–Kier alpha value is -1.58. The molecular weight excluding hydrogens is 206 g/mol. The molecule has 0 spiro atoms. The number of ether oxygens (including phenoxy) is 1. The molecule has 0 radical (unpaired) electrons. The van der Waals surface area contributed by atoms with E-state index in [2.05, 4.69) is 0 Å². The molecule has 1 unspecified atom stereocenters. The van der Waals surface area contributed by atoms with Crippen LogP contribution in [0.15, 0.2) is 18.3 Å². The molecule has 0 aromatic carbocycles. The van der Waals surface area contributed by atoms with Gasteiger partial charge < -0.3 is 4.74 Å². The van der Waals surface area contributed by atoms with Crippen LogP contribution in [0.3, 0.4) is 0 Å². The first-order valence-corrected chi connectivity index (χ1v) is 5.41. The average Bonchev–Trinajstić information content (AvgIpc) is 2.36. The maximum absolute atomic E-state index is 11.5. The number of pyridine rings is 1. The summed E-state index contributed by atoms with van der Waals surface area (Å²) in [6.45, 7) is 0. The van der Waals surface area contributed by atoms with E-state index in [1.54, 1.807) is 11.8 Å². The summed E-state index contributed by atoms with van der Waals surface area (Å²) in [5, 5.41) is 0. The number of rotatable bonds is 2. The third kappa shape index (κ3) is 1.87. The van der Waals surface area contributed by atoms with E-state index in [1.807, 2.05) is 18.3 Å². The fraction of sp³-hybridized carbons (Fsp3) is 0.500. The van der Waals surface area contributed by atoms with Crippen LogP contribution in [0.1, 0.15) is 17.7 Å². The highest BCUT2D eigenvalue weighted by Crippen LogP contribution is 2.23. The molecule has 0 amide bonds. The van der Waals surface area contributed by atoms with E-state index in [-0.39, 0.29) is 11.9 Å². The van der Waals surface area contributed by atoms with Gasteiger partial charge in [0.1, 0.15) is 7.11 Å². The molecule has 4 heteroatoms. The molecule has 1 aromatic heterocycles. The minimum Gasteiger partial charge on any atom is -0.469 e. The second kappa shape index (κ2) is 4.51. The summed E-state index contributed by atoms with van der Waals surface area (Å²) in [7, 11) is 3.09. The predicted molar refractivity (Wildman–Crippen MR) is 56.7 cm³/mol. The molecule has 0 fully saturated rings. The lowest BCUT2D eigenvalue weighted by atomic mass is 9.87. The maximum Gasteiger partial charge on any atom is 0.309 e. The summed E-state index contributed by atoms with van der Waals surface area (Å²) in [6, 6.07) is 3.97. The number of hydrogen-bond acceptors (Lipinski definition) is 3. The van der Waals surface area contributed by atoms with Gasteiger partial charge in [-0.25, -0.2) is 0 Å². The molecule has 16 heavy (non-hydrogen) atoms. The molecule has 0 aliphatic heterocycles. The van der Waals surface area contributed by atoms with Crippen molar-refractivity contribution in [2.24, 2.45) is 5.92 Å². The second-order valence-electron chi connectivity index (χ2n) is 3.95. The highest BCUT2D eigenvalue weighted by atomic mass is 16.6. The maximum atomic E-state index is 11.5. The topological polar surface area (TPSA) is 39.4 Å². The molecule has 2 rings (SSSR count). The highest BCUT2D eigenvalue weighted by molar-refractivity contribution is 5.73. The summed E-state index contributed by atoms with van der Waals surface area (Å²) in [6.07, 6.45) is 4.31. The fourth-order valence-electron chi connectivity index (χ4n) is 2.24. The van der Waals surface area contributed by atoms with Crippen LogP contribution in [0.2, 0.25) is 0 Å². The Morgan fingerprint density at radius 3 is 3.00 bits per heavy atom. The number of fused-ring (bicyclic) bond motifs is 1. The van der Waals surface area contributed by atoms with Gasteiger partial charge in [-0.2, -0.15) is 0 Å². The third-order valence-electron chi connectivity index (χ3n) is 3.08. The molecule has 1 aromatic rings. The third-order valence-corrected chi connectivity index (χ3v) is 3.08. The standard InChI is InChI=1S/C12H16NO3/c1-15-12(14)10-5-6-11-9(8-10)4-3-7-13(11)16-2/h3-4,7,10H,5-6,8H2,1-2H3/q+1. The minimum atomic E-state index is -0.113. The van der Waals surface area contributed by atoms with Gasteiger partial charge in [-0.05, 0) is 18.9 Å². The van der Waals surface area contributed by atoms with E-state index >= 15 is 0 Å². The first-order chi connectivity index (χ1) is 7.76. The smallest absolute Gasteiger partial charge is 0.309 e. The van der Waals surface area contributed by atoms with Crippen molar-refractivity contribution in [2.75, 3.05) is 14.2 Å². The van der Waals surface area contributed by atoms with E-state index in [1.165, 1.54) is 12.7 Å². The molecular formula is C12H16NO3+. The van der Waals surface area contributed by atoms with Crippen molar-refractivity contribution in [3.63, 3.8) is 0 Å². The number of aromatic nitrogens is 1. The quantitative estimate of drug-likeness (QED) is 0.534. The molecule has 0 bridgehead atoms. The summed E-state index contributed by atoms with van der Waals surface area (Å²) >= 11 is 0. The number of esters is 1. The van der Waals surface area contributed by atoms with E-state index in [0.717, 1.165) is 25.0 Å². The summed E-state index contributed by atoms with van der Waals surface area (Å²) in [5.74, 6) is -0.122. The largest absolute Gasteiger partial charge is 0.469 e. The number of nitrogens with zero attached hydrogens (tertiary/aromatic N) is 1. The monoisotopic (exact) mass is 222 g/mol. The first-order valence-electron chi connectivity index (χ1n) is 5.41. The van der Waals surface area contributed by atoms with Gasteiger partial charge in [-0.3, -0.25) is 9.63 Å². The first kappa shape index (κ1) is 10.9. The Bertz CT molecular complexity index is 403. The summed E-state index contributed by atoms with van der Waals surface area (Å²) in [5.41, 5.74) is 2.33. The lowest BCUT2D eigenvalue weighted by molar-refractivity contribution is -0.891. The van der Waals surface area contributed by atoms with Crippen LogP contribution in [0, 0.1) is 5.92 Å². The van der Waals surface area contributed by atoms with E-state index < -0.39 is 0 Å². The Labute approximate surface area is 94.8 Å². The van der Waals surface area contributed by atoms with Gasteiger partial charge in [0, 0.05) is 22.8 Å².